The second-order valence-electron chi connectivity index (χ2n) is 2.04. The van der Waals surface area contributed by atoms with Crippen LogP contribution in [0.3, 0.4) is 0 Å². The third-order valence-corrected chi connectivity index (χ3v) is 1.56. The molecule has 1 aromatic heterocycles. The molecule has 0 radical (unpaired) electrons. The van der Waals surface area contributed by atoms with E-state index >= 15 is 0 Å². The van der Waals surface area contributed by atoms with Crippen LogP contribution in [-0.2, 0) is 4.79 Å². The summed E-state index contributed by atoms with van der Waals surface area (Å²) in [4.78, 5) is 31.7. The Hall–Kier alpha value is -1.13. The number of halogens is 2. The molecular formula is C7H2Cl2O4. The first kappa shape index (κ1) is 9.95. The zero-order chi connectivity index (χ0) is 10.0. The van der Waals surface area contributed by atoms with Gasteiger partial charge in [-0.25, -0.2) is 0 Å². The second kappa shape index (κ2) is 3.72. The summed E-state index contributed by atoms with van der Waals surface area (Å²) in [5.41, 5.74) is 0. The fraction of sp³-hybridized carbons (Fsp3) is 0. The van der Waals surface area contributed by atoms with E-state index in [-0.39, 0.29) is 11.5 Å². The number of carbonyl (C=O) groups is 3. The molecule has 0 aliphatic rings. The van der Waals surface area contributed by atoms with Crippen molar-refractivity contribution in [1.82, 2.24) is 0 Å². The molecule has 0 N–H and O–H groups in total. The van der Waals surface area contributed by atoms with Gasteiger partial charge in [0, 0.05) is 0 Å². The van der Waals surface area contributed by atoms with Gasteiger partial charge in [-0.15, -0.1) is 0 Å². The first-order valence-corrected chi connectivity index (χ1v) is 3.82. The van der Waals surface area contributed by atoms with Crippen molar-refractivity contribution < 1.29 is 18.8 Å². The van der Waals surface area contributed by atoms with Crippen LogP contribution in [0.2, 0.25) is 0 Å². The molecule has 0 spiro atoms. The largest absolute Gasteiger partial charge is 0.448 e. The van der Waals surface area contributed by atoms with Gasteiger partial charge in [-0.1, -0.05) is 0 Å². The zero-order valence-electron chi connectivity index (χ0n) is 6.04. The number of Topliss-reactive ketones (excluding diaryl/α,β-unsaturated/α-hetero) is 1. The van der Waals surface area contributed by atoms with Crippen molar-refractivity contribution in [3.8, 4) is 0 Å². The number of ketones is 1. The van der Waals surface area contributed by atoms with Crippen molar-refractivity contribution in [1.29, 1.82) is 0 Å². The van der Waals surface area contributed by atoms with Gasteiger partial charge in [0.1, 0.15) is 0 Å². The molecule has 13 heavy (non-hydrogen) atoms. The molecule has 0 unspecified atom stereocenters. The van der Waals surface area contributed by atoms with E-state index in [2.05, 4.69) is 4.42 Å². The molecule has 1 aromatic rings. The van der Waals surface area contributed by atoms with E-state index in [4.69, 9.17) is 23.2 Å². The highest BCUT2D eigenvalue weighted by molar-refractivity contribution is 6.82. The standard InChI is InChI=1S/C7H2Cl2O4/c8-6(11)4-2-1-3(13-4)5(10)7(9)12/h1-2H. The number of rotatable bonds is 3. The molecule has 1 rings (SSSR count). The van der Waals surface area contributed by atoms with E-state index in [0.29, 0.717) is 0 Å². The highest BCUT2D eigenvalue weighted by Gasteiger charge is 2.19. The number of furan rings is 1. The summed E-state index contributed by atoms with van der Waals surface area (Å²) in [6.45, 7) is 0. The van der Waals surface area contributed by atoms with Crippen molar-refractivity contribution in [2.24, 2.45) is 0 Å². The Bertz CT molecular complexity index is 380. The zero-order valence-corrected chi connectivity index (χ0v) is 7.56. The Kier molecular flexibility index (Phi) is 2.85. The summed E-state index contributed by atoms with van der Waals surface area (Å²) in [6, 6.07) is 2.33. The number of carbonyl (C=O) groups excluding carboxylic acids is 3. The maximum Gasteiger partial charge on any atom is 0.296 e. The summed E-state index contributed by atoms with van der Waals surface area (Å²) in [7, 11) is 0. The lowest BCUT2D eigenvalue weighted by Gasteiger charge is -1.87. The smallest absolute Gasteiger partial charge is 0.296 e. The molecule has 0 fully saturated rings. The minimum atomic E-state index is -1.18. The van der Waals surface area contributed by atoms with Crippen molar-refractivity contribution in [2.45, 2.75) is 0 Å². The maximum absolute atomic E-state index is 10.9. The molecule has 0 saturated carbocycles. The Morgan fingerprint density at radius 3 is 2.00 bits per heavy atom. The van der Waals surface area contributed by atoms with Crippen LogP contribution in [0, 0.1) is 0 Å². The van der Waals surface area contributed by atoms with Gasteiger partial charge in [0.25, 0.3) is 16.3 Å². The molecule has 0 saturated heterocycles. The van der Waals surface area contributed by atoms with Crippen molar-refractivity contribution in [2.75, 3.05) is 0 Å². The highest BCUT2D eigenvalue weighted by atomic mass is 35.5. The molecule has 0 aliphatic carbocycles. The monoisotopic (exact) mass is 220 g/mol. The quantitative estimate of drug-likeness (QED) is 0.441. The predicted octanol–water partition coefficient (Wildman–Crippen LogP) is 1.61. The lowest BCUT2D eigenvalue weighted by atomic mass is 10.3. The lowest BCUT2D eigenvalue weighted by molar-refractivity contribution is -0.108. The van der Waals surface area contributed by atoms with Gasteiger partial charge < -0.3 is 4.42 Å². The molecule has 6 heteroatoms. The maximum atomic E-state index is 10.9. The van der Waals surface area contributed by atoms with Gasteiger partial charge in [-0.2, -0.15) is 0 Å². The molecule has 1 heterocycles. The van der Waals surface area contributed by atoms with Gasteiger partial charge in [0.15, 0.2) is 11.5 Å². The van der Waals surface area contributed by atoms with Gasteiger partial charge in [-0.05, 0) is 35.3 Å². The summed E-state index contributed by atoms with van der Waals surface area (Å²) in [6.07, 6.45) is 0. The van der Waals surface area contributed by atoms with E-state index < -0.39 is 16.3 Å². The molecule has 68 valence electrons. The summed E-state index contributed by atoms with van der Waals surface area (Å²) in [5, 5.41) is -2.02. The molecule has 0 aliphatic heterocycles. The fourth-order valence-electron chi connectivity index (χ4n) is 0.662. The summed E-state index contributed by atoms with van der Waals surface area (Å²) in [5.74, 6) is -1.52. The Morgan fingerprint density at radius 1 is 1.08 bits per heavy atom. The van der Waals surface area contributed by atoms with Crippen LogP contribution < -0.4 is 0 Å². The normalized spacial score (nSPS) is 9.69. The molecule has 4 nitrogen and oxygen atoms in total. The minimum Gasteiger partial charge on any atom is -0.448 e. The van der Waals surface area contributed by atoms with Crippen LogP contribution in [0.25, 0.3) is 0 Å². The van der Waals surface area contributed by atoms with E-state index in [9.17, 15) is 14.4 Å². The molecule has 0 bridgehead atoms. The van der Waals surface area contributed by atoms with E-state index in [0.717, 1.165) is 6.07 Å². The SMILES string of the molecule is O=C(Cl)C(=O)c1ccc(C(=O)Cl)o1. The third kappa shape index (κ3) is 2.17. The Balaban J connectivity index is 2.99. The van der Waals surface area contributed by atoms with Gasteiger partial charge in [0.2, 0.25) is 0 Å². The van der Waals surface area contributed by atoms with Crippen molar-refractivity contribution in [3.63, 3.8) is 0 Å². The molecule has 0 aromatic carbocycles. The Morgan fingerprint density at radius 2 is 1.62 bits per heavy atom. The van der Waals surface area contributed by atoms with Crippen LogP contribution in [0.15, 0.2) is 16.5 Å². The Labute approximate surface area is 82.4 Å². The molecule has 0 amide bonds. The van der Waals surface area contributed by atoms with Crippen LogP contribution in [0.5, 0.6) is 0 Å². The van der Waals surface area contributed by atoms with Crippen LogP contribution in [0.4, 0.5) is 0 Å². The summed E-state index contributed by atoms with van der Waals surface area (Å²) < 4.78 is 4.63. The van der Waals surface area contributed by atoms with Crippen LogP contribution >= 0.6 is 23.2 Å². The minimum absolute atomic E-state index is 0.206. The molecule has 0 atom stereocenters. The number of hydrogen-bond donors (Lipinski definition) is 0. The van der Waals surface area contributed by atoms with E-state index in [1.54, 1.807) is 0 Å². The average molecular weight is 221 g/mol. The van der Waals surface area contributed by atoms with Gasteiger partial charge >= 0.3 is 0 Å². The third-order valence-electron chi connectivity index (χ3n) is 1.20. The highest BCUT2D eigenvalue weighted by Crippen LogP contribution is 2.11. The lowest BCUT2D eigenvalue weighted by Crippen LogP contribution is -2.05. The van der Waals surface area contributed by atoms with Crippen molar-refractivity contribution in [3.05, 3.63) is 23.7 Å². The van der Waals surface area contributed by atoms with Crippen LogP contribution in [-0.4, -0.2) is 16.3 Å². The van der Waals surface area contributed by atoms with Crippen molar-refractivity contribution >= 4 is 39.5 Å². The average Bonchev–Trinajstić information content (AvgIpc) is 2.50. The molecular weight excluding hydrogens is 219 g/mol. The van der Waals surface area contributed by atoms with E-state index in [1.165, 1.54) is 6.07 Å². The van der Waals surface area contributed by atoms with E-state index in [1.807, 2.05) is 0 Å². The van der Waals surface area contributed by atoms with Crippen LogP contribution in [0.1, 0.15) is 21.1 Å². The first-order chi connectivity index (χ1) is 6.02. The topological polar surface area (TPSA) is 64.3 Å². The summed E-state index contributed by atoms with van der Waals surface area (Å²) >= 11 is 9.92. The first-order valence-electron chi connectivity index (χ1n) is 3.06. The second-order valence-corrected chi connectivity index (χ2v) is 2.73. The fourth-order valence-corrected chi connectivity index (χ4v) is 0.857. The predicted molar refractivity (Wildman–Crippen MR) is 44.1 cm³/mol. The van der Waals surface area contributed by atoms with Gasteiger partial charge in [-0.3, -0.25) is 14.4 Å². The van der Waals surface area contributed by atoms with Gasteiger partial charge in [0.05, 0.1) is 0 Å². The number of hydrogen-bond acceptors (Lipinski definition) is 4.